The molecule has 0 aliphatic carbocycles. The van der Waals surface area contributed by atoms with Crippen LogP contribution in [0, 0.1) is 6.92 Å². The van der Waals surface area contributed by atoms with Crippen LogP contribution >= 0.6 is 0 Å². The highest BCUT2D eigenvalue weighted by molar-refractivity contribution is 5.82. The molecule has 1 amide bonds. The van der Waals surface area contributed by atoms with Gasteiger partial charge < -0.3 is 19.5 Å². The topological polar surface area (TPSA) is 83.7 Å². The maximum atomic E-state index is 12.6. The number of nitrogens with one attached hydrogen (secondary N) is 1. The molecule has 0 aromatic carbocycles. The smallest absolute Gasteiger partial charge is 0.242 e. The van der Waals surface area contributed by atoms with Gasteiger partial charge in [-0.1, -0.05) is 5.16 Å². The summed E-state index contributed by atoms with van der Waals surface area (Å²) >= 11 is 0. The minimum Gasteiger partial charge on any atom is -0.375 e. The Kier molecular flexibility index (Phi) is 4.70. The van der Waals surface area contributed by atoms with Crippen LogP contribution in [0.25, 0.3) is 0 Å². The van der Waals surface area contributed by atoms with Gasteiger partial charge in [-0.25, -0.2) is 0 Å². The Bertz CT molecular complexity index is 512. The molecule has 2 fully saturated rings. The first-order chi connectivity index (χ1) is 10.6. The number of morpholine rings is 1. The molecule has 3 heterocycles. The number of aromatic nitrogens is 2. The molecule has 2 atom stereocenters. The van der Waals surface area contributed by atoms with E-state index in [2.05, 4.69) is 20.4 Å². The van der Waals surface area contributed by atoms with Crippen molar-refractivity contribution in [3.8, 4) is 0 Å². The lowest BCUT2D eigenvalue weighted by Crippen LogP contribution is -2.59. The van der Waals surface area contributed by atoms with Gasteiger partial charge in [-0.15, -0.1) is 0 Å². The molecule has 22 heavy (non-hydrogen) atoms. The summed E-state index contributed by atoms with van der Waals surface area (Å²) in [6.45, 7) is 8.87. The number of piperazine rings is 1. The van der Waals surface area contributed by atoms with Crippen LogP contribution < -0.4 is 5.32 Å². The maximum Gasteiger partial charge on any atom is 0.242 e. The molecule has 8 heteroatoms. The zero-order valence-electron chi connectivity index (χ0n) is 13.1. The Morgan fingerprint density at radius 1 is 1.36 bits per heavy atom. The Labute approximate surface area is 129 Å². The molecule has 2 aliphatic rings. The summed E-state index contributed by atoms with van der Waals surface area (Å²) in [5.41, 5.74) is 0. The first-order valence-corrected chi connectivity index (χ1v) is 7.79. The summed E-state index contributed by atoms with van der Waals surface area (Å²) in [7, 11) is 0. The highest BCUT2D eigenvalue weighted by atomic mass is 16.5. The molecule has 0 spiro atoms. The molecule has 0 unspecified atom stereocenters. The third-order valence-electron chi connectivity index (χ3n) is 4.19. The highest BCUT2D eigenvalue weighted by Crippen LogP contribution is 2.12. The van der Waals surface area contributed by atoms with Gasteiger partial charge >= 0.3 is 0 Å². The van der Waals surface area contributed by atoms with E-state index in [4.69, 9.17) is 9.26 Å². The molecular formula is C14H23N5O3. The second-order valence-corrected chi connectivity index (χ2v) is 5.84. The van der Waals surface area contributed by atoms with Crippen molar-refractivity contribution in [1.29, 1.82) is 0 Å². The van der Waals surface area contributed by atoms with Crippen molar-refractivity contribution in [3.05, 3.63) is 11.7 Å². The van der Waals surface area contributed by atoms with Gasteiger partial charge in [0.1, 0.15) is 6.04 Å². The minimum atomic E-state index is -0.223. The largest absolute Gasteiger partial charge is 0.375 e. The SMILES string of the molecule is Cc1noc(CN2CCN(C(=O)[C@H]3NCCO[C@@H]3C)CC2)n1. The second-order valence-electron chi connectivity index (χ2n) is 5.84. The summed E-state index contributed by atoms with van der Waals surface area (Å²) in [6.07, 6.45) is -0.0688. The van der Waals surface area contributed by atoms with Crippen LogP contribution in [0.1, 0.15) is 18.6 Å². The lowest BCUT2D eigenvalue weighted by Gasteiger charge is -2.38. The van der Waals surface area contributed by atoms with Crippen molar-refractivity contribution < 1.29 is 14.1 Å². The summed E-state index contributed by atoms with van der Waals surface area (Å²) in [6, 6.07) is -0.223. The van der Waals surface area contributed by atoms with Gasteiger partial charge in [-0.05, 0) is 13.8 Å². The molecule has 0 saturated carbocycles. The number of nitrogens with zero attached hydrogens (tertiary/aromatic N) is 4. The fourth-order valence-electron chi connectivity index (χ4n) is 2.93. The van der Waals surface area contributed by atoms with Crippen molar-refractivity contribution in [3.63, 3.8) is 0 Å². The number of hydrogen-bond acceptors (Lipinski definition) is 7. The van der Waals surface area contributed by atoms with Crippen molar-refractivity contribution >= 4 is 5.91 Å². The van der Waals surface area contributed by atoms with Crippen LogP contribution in [-0.2, 0) is 16.1 Å². The molecular weight excluding hydrogens is 286 g/mol. The Balaban J connectivity index is 1.49. The molecule has 0 bridgehead atoms. The number of hydrogen-bond donors (Lipinski definition) is 1. The molecule has 0 radical (unpaired) electrons. The number of carbonyl (C=O) groups excluding carboxylic acids is 1. The molecule has 2 saturated heterocycles. The van der Waals surface area contributed by atoms with Gasteiger partial charge in [-0.2, -0.15) is 4.98 Å². The Morgan fingerprint density at radius 3 is 2.77 bits per heavy atom. The number of amides is 1. The fourth-order valence-corrected chi connectivity index (χ4v) is 2.93. The molecule has 8 nitrogen and oxygen atoms in total. The van der Waals surface area contributed by atoms with Crippen LogP contribution in [0.2, 0.25) is 0 Å². The third-order valence-corrected chi connectivity index (χ3v) is 4.19. The molecule has 1 aromatic rings. The lowest BCUT2D eigenvalue weighted by atomic mass is 10.1. The molecule has 3 rings (SSSR count). The number of carbonyl (C=O) groups is 1. The van der Waals surface area contributed by atoms with E-state index in [0.717, 1.165) is 32.7 Å². The van der Waals surface area contributed by atoms with Crippen molar-refractivity contribution in [2.75, 3.05) is 39.3 Å². The summed E-state index contributed by atoms with van der Waals surface area (Å²) in [5.74, 6) is 1.43. The second kappa shape index (κ2) is 6.72. The van der Waals surface area contributed by atoms with Gasteiger partial charge in [0.2, 0.25) is 11.8 Å². The van der Waals surface area contributed by atoms with Crippen LogP contribution in [-0.4, -0.2) is 77.3 Å². The predicted octanol–water partition coefficient (Wildman–Crippen LogP) is -0.601. The van der Waals surface area contributed by atoms with Crippen LogP contribution in [0.4, 0.5) is 0 Å². The van der Waals surface area contributed by atoms with E-state index in [-0.39, 0.29) is 18.1 Å². The van der Waals surface area contributed by atoms with Gasteiger partial charge in [0, 0.05) is 32.7 Å². The van der Waals surface area contributed by atoms with Gasteiger partial charge in [-0.3, -0.25) is 9.69 Å². The number of rotatable bonds is 3. The predicted molar refractivity (Wildman–Crippen MR) is 78.1 cm³/mol. The summed E-state index contributed by atoms with van der Waals surface area (Å²) in [5, 5.41) is 7.05. The van der Waals surface area contributed by atoms with Crippen LogP contribution in [0.3, 0.4) is 0 Å². The highest BCUT2D eigenvalue weighted by Gasteiger charge is 2.33. The standard InChI is InChI=1S/C14H23N5O3/c1-10-13(15-3-8-21-10)14(20)19-6-4-18(5-7-19)9-12-16-11(2)17-22-12/h10,13,15H,3-9H2,1-2H3/t10-,13+/m1/s1. The minimum absolute atomic E-state index is 0.0688. The zero-order valence-corrected chi connectivity index (χ0v) is 13.1. The van der Waals surface area contributed by atoms with Crippen molar-refractivity contribution in [2.24, 2.45) is 0 Å². The van der Waals surface area contributed by atoms with E-state index in [1.165, 1.54) is 0 Å². The Hall–Kier alpha value is -1.51. The van der Waals surface area contributed by atoms with Crippen LogP contribution in [0.5, 0.6) is 0 Å². The van der Waals surface area contributed by atoms with Gasteiger partial charge in [0.15, 0.2) is 5.82 Å². The van der Waals surface area contributed by atoms with Gasteiger partial charge in [0.25, 0.3) is 0 Å². The summed E-state index contributed by atoms with van der Waals surface area (Å²) < 4.78 is 10.7. The molecule has 2 aliphatic heterocycles. The number of ether oxygens (including phenoxy) is 1. The van der Waals surface area contributed by atoms with Crippen molar-refractivity contribution in [2.45, 2.75) is 32.5 Å². The first kappa shape index (κ1) is 15.4. The summed E-state index contributed by atoms with van der Waals surface area (Å²) in [4.78, 5) is 20.9. The lowest BCUT2D eigenvalue weighted by molar-refractivity contribution is -0.141. The molecule has 1 aromatic heterocycles. The van der Waals surface area contributed by atoms with Gasteiger partial charge in [0.05, 0.1) is 19.3 Å². The average Bonchev–Trinajstić information content (AvgIpc) is 2.93. The molecule has 1 N–H and O–H groups in total. The van der Waals surface area contributed by atoms with E-state index in [9.17, 15) is 4.79 Å². The molecule has 122 valence electrons. The number of aryl methyl sites for hydroxylation is 1. The average molecular weight is 309 g/mol. The first-order valence-electron chi connectivity index (χ1n) is 7.79. The van der Waals surface area contributed by atoms with E-state index in [1.54, 1.807) is 0 Å². The van der Waals surface area contributed by atoms with Crippen molar-refractivity contribution in [1.82, 2.24) is 25.3 Å². The monoisotopic (exact) mass is 309 g/mol. The maximum absolute atomic E-state index is 12.6. The van der Waals surface area contributed by atoms with E-state index in [0.29, 0.717) is 24.9 Å². The normalized spacial score (nSPS) is 27.1. The quantitative estimate of drug-likeness (QED) is 0.798. The fraction of sp³-hybridized carbons (Fsp3) is 0.786. The van der Waals surface area contributed by atoms with E-state index < -0.39 is 0 Å². The van der Waals surface area contributed by atoms with E-state index >= 15 is 0 Å². The van der Waals surface area contributed by atoms with E-state index in [1.807, 2.05) is 18.7 Å². The third kappa shape index (κ3) is 3.45. The Morgan fingerprint density at radius 2 is 2.14 bits per heavy atom. The van der Waals surface area contributed by atoms with Crippen LogP contribution in [0.15, 0.2) is 4.52 Å². The zero-order chi connectivity index (χ0) is 15.5.